The maximum atomic E-state index is 12.5. The van der Waals surface area contributed by atoms with Crippen molar-refractivity contribution in [3.63, 3.8) is 0 Å². The molecule has 2 aliphatic rings. The summed E-state index contributed by atoms with van der Waals surface area (Å²) < 4.78 is 4.83. The van der Waals surface area contributed by atoms with E-state index in [1.165, 1.54) is 25.1 Å². The SMILES string of the molecule is COC(=O)C1C(=O)c2cnc(SC)nc2N1C1CCCC1. The highest BCUT2D eigenvalue weighted by Gasteiger charge is 2.47. The van der Waals surface area contributed by atoms with E-state index in [2.05, 4.69) is 9.97 Å². The number of methoxy groups -OCH3 is 1. The summed E-state index contributed by atoms with van der Waals surface area (Å²) in [5.74, 6) is -0.186. The molecule has 1 aliphatic carbocycles. The Bertz CT molecular complexity index is 587. The maximum absolute atomic E-state index is 12.5. The molecule has 0 N–H and O–H groups in total. The summed E-state index contributed by atoms with van der Waals surface area (Å²) in [6, 6.07) is -0.733. The van der Waals surface area contributed by atoms with Gasteiger partial charge in [-0.3, -0.25) is 4.79 Å². The third kappa shape index (κ3) is 2.29. The number of carbonyl (C=O) groups excluding carboxylic acids is 2. The molecule has 21 heavy (non-hydrogen) atoms. The van der Waals surface area contributed by atoms with Gasteiger partial charge < -0.3 is 9.64 Å². The fourth-order valence-corrected chi connectivity index (χ4v) is 3.46. The lowest BCUT2D eigenvalue weighted by Crippen LogP contribution is -2.47. The maximum Gasteiger partial charge on any atom is 0.336 e. The van der Waals surface area contributed by atoms with E-state index in [-0.39, 0.29) is 11.8 Å². The zero-order chi connectivity index (χ0) is 15.0. The fourth-order valence-electron chi connectivity index (χ4n) is 3.12. The first-order valence-corrected chi connectivity index (χ1v) is 8.21. The molecule has 6 nitrogen and oxygen atoms in total. The van der Waals surface area contributed by atoms with Crippen LogP contribution in [-0.4, -0.2) is 47.2 Å². The Labute approximate surface area is 127 Å². The largest absolute Gasteiger partial charge is 0.467 e. The number of nitrogens with zero attached hydrogens (tertiary/aromatic N) is 3. The zero-order valence-electron chi connectivity index (χ0n) is 12.0. The Morgan fingerprint density at radius 1 is 1.43 bits per heavy atom. The highest BCUT2D eigenvalue weighted by atomic mass is 32.2. The summed E-state index contributed by atoms with van der Waals surface area (Å²) in [6.45, 7) is 0. The summed E-state index contributed by atoms with van der Waals surface area (Å²) >= 11 is 1.42. The van der Waals surface area contributed by atoms with Crippen LogP contribution in [0, 0.1) is 0 Å². The van der Waals surface area contributed by atoms with Crippen LogP contribution in [0.5, 0.6) is 0 Å². The van der Waals surface area contributed by atoms with Crippen molar-refractivity contribution in [2.45, 2.75) is 42.9 Å². The van der Waals surface area contributed by atoms with E-state index < -0.39 is 12.0 Å². The molecule has 0 radical (unpaired) electrons. The minimum atomic E-state index is -0.903. The second-order valence-electron chi connectivity index (χ2n) is 5.23. The molecule has 0 bridgehead atoms. The topological polar surface area (TPSA) is 72.4 Å². The van der Waals surface area contributed by atoms with E-state index in [0.717, 1.165) is 25.7 Å². The van der Waals surface area contributed by atoms with E-state index in [0.29, 0.717) is 16.5 Å². The molecule has 1 unspecified atom stereocenters. The standard InChI is InChI=1S/C14H17N3O3S/c1-20-13(19)10-11(18)9-7-15-14(21-2)16-12(9)17(10)8-5-3-4-6-8/h7-8,10H,3-6H2,1-2H3. The van der Waals surface area contributed by atoms with Gasteiger partial charge in [-0.1, -0.05) is 24.6 Å². The van der Waals surface area contributed by atoms with Gasteiger partial charge in [0.05, 0.1) is 12.7 Å². The molecule has 112 valence electrons. The van der Waals surface area contributed by atoms with Gasteiger partial charge >= 0.3 is 5.97 Å². The summed E-state index contributed by atoms with van der Waals surface area (Å²) in [5.41, 5.74) is 0.426. The number of rotatable bonds is 3. The number of anilines is 1. The van der Waals surface area contributed by atoms with E-state index >= 15 is 0 Å². The van der Waals surface area contributed by atoms with Crippen LogP contribution in [0.1, 0.15) is 36.0 Å². The second-order valence-corrected chi connectivity index (χ2v) is 6.00. The van der Waals surface area contributed by atoms with E-state index in [1.807, 2.05) is 11.2 Å². The molecule has 1 aliphatic heterocycles. The number of aromatic nitrogens is 2. The van der Waals surface area contributed by atoms with Crippen LogP contribution in [0.2, 0.25) is 0 Å². The average molecular weight is 307 g/mol. The molecular weight excluding hydrogens is 290 g/mol. The first kappa shape index (κ1) is 14.3. The predicted octanol–water partition coefficient (Wildman–Crippen LogP) is 1.69. The van der Waals surface area contributed by atoms with Gasteiger partial charge in [0, 0.05) is 12.2 Å². The molecule has 1 atom stereocenters. The zero-order valence-corrected chi connectivity index (χ0v) is 12.9. The Balaban J connectivity index is 2.07. The van der Waals surface area contributed by atoms with Gasteiger partial charge in [-0.25, -0.2) is 14.8 Å². The highest BCUT2D eigenvalue weighted by molar-refractivity contribution is 7.98. The summed E-state index contributed by atoms with van der Waals surface area (Å²) in [5, 5.41) is 0.607. The lowest BCUT2D eigenvalue weighted by molar-refractivity contribution is -0.141. The number of thioether (sulfide) groups is 1. The van der Waals surface area contributed by atoms with Crippen molar-refractivity contribution in [2.24, 2.45) is 0 Å². The minimum absolute atomic E-state index is 0.170. The smallest absolute Gasteiger partial charge is 0.336 e. The molecule has 1 saturated carbocycles. The van der Waals surface area contributed by atoms with Crippen molar-refractivity contribution in [1.29, 1.82) is 0 Å². The fraction of sp³-hybridized carbons (Fsp3) is 0.571. The molecule has 3 rings (SSSR count). The van der Waals surface area contributed by atoms with Crippen LogP contribution in [0.3, 0.4) is 0 Å². The molecule has 0 aromatic carbocycles. The number of hydrogen-bond acceptors (Lipinski definition) is 7. The van der Waals surface area contributed by atoms with Gasteiger partial charge in [-0.15, -0.1) is 0 Å². The van der Waals surface area contributed by atoms with Crippen LogP contribution < -0.4 is 4.90 Å². The number of ether oxygens (including phenoxy) is 1. The number of Topliss-reactive ketones (excluding diaryl/α,β-unsaturated/α-hetero) is 1. The van der Waals surface area contributed by atoms with Crippen LogP contribution >= 0.6 is 11.8 Å². The highest BCUT2D eigenvalue weighted by Crippen LogP contribution is 2.37. The molecule has 0 amide bonds. The monoisotopic (exact) mass is 307 g/mol. The van der Waals surface area contributed by atoms with Crippen molar-refractivity contribution in [1.82, 2.24) is 9.97 Å². The normalized spacial score (nSPS) is 21.7. The quantitative estimate of drug-likeness (QED) is 0.364. The van der Waals surface area contributed by atoms with Gasteiger partial charge in [-0.05, 0) is 19.1 Å². The number of ketones is 1. The molecule has 0 spiro atoms. The van der Waals surface area contributed by atoms with Gasteiger partial charge in [0.1, 0.15) is 5.82 Å². The first-order valence-electron chi connectivity index (χ1n) is 6.98. The van der Waals surface area contributed by atoms with E-state index in [9.17, 15) is 9.59 Å². The average Bonchev–Trinajstić information content (AvgIpc) is 3.12. The van der Waals surface area contributed by atoms with Crippen molar-refractivity contribution < 1.29 is 14.3 Å². The van der Waals surface area contributed by atoms with Gasteiger partial charge in [0.25, 0.3) is 0 Å². The van der Waals surface area contributed by atoms with Crippen molar-refractivity contribution >= 4 is 29.3 Å². The molecule has 1 aromatic rings. The summed E-state index contributed by atoms with van der Waals surface area (Å²) in [7, 11) is 1.31. The van der Waals surface area contributed by atoms with Crippen LogP contribution in [0.25, 0.3) is 0 Å². The van der Waals surface area contributed by atoms with Gasteiger partial charge in [0.2, 0.25) is 5.78 Å². The summed E-state index contributed by atoms with van der Waals surface area (Å²) in [6.07, 6.45) is 7.58. The molecule has 7 heteroatoms. The van der Waals surface area contributed by atoms with Crippen molar-refractivity contribution in [2.75, 3.05) is 18.3 Å². The van der Waals surface area contributed by atoms with Crippen LogP contribution in [0.4, 0.5) is 5.82 Å². The number of esters is 1. The minimum Gasteiger partial charge on any atom is -0.467 e. The van der Waals surface area contributed by atoms with Crippen LogP contribution in [-0.2, 0) is 9.53 Å². The van der Waals surface area contributed by atoms with E-state index in [4.69, 9.17) is 4.74 Å². The lowest BCUT2D eigenvalue weighted by atomic mass is 10.1. The molecule has 1 aromatic heterocycles. The lowest BCUT2D eigenvalue weighted by Gasteiger charge is -2.29. The molecule has 2 heterocycles. The molecule has 0 saturated heterocycles. The van der Waals surface area contributed by atoms with E-state index in [1.54, 1.807) is 0 Å². The Morgan fingerprint density at radius 3 is 2.76 bits per heavy atom. The number of fused-ring (bicyclic) bond motifs is 1. The first-order chi connectivity index (χ1) is 10.2. The number of hydrogen-bond donors (Lipinski definition) is 0. The van der Waals surface area contributed by atoms with Crippen molar-refractivity contribution in [3.05, 3.63) is 11.8 Å². The van der Waals surface area contributed by atoms with Gasteiger partial charge in [0.15, 0.2) is 11.2 Å². The summed E-state index contributed by atoms with van der Waals surface area (Å²) in [4.78, 5) is 35.1. The van der Waals surface area contributed by atoms with Crippen molar-refractivity contribution in [3.8, 4) is 0 Å². The Kier molecular flexibility index (Phi) is 3.84. The van der Waals surface area contributed by atoms with Crippen LogP contribution in [0.15, 0.2) is 11.4 Å². The third-order valence-corrected chi connectivity index (χ3v) is 4.67. The Morgan fingerprint density at radius 2 is 2.14 bits per heavy atom. The molecule has 1 fully saturated rings. The second kappa shape index (κ2) is 5.63. The third-order valence-electron chi connectivity index (χ3n) is 4.11. The Hall–Kier alpha value is -1.63. The predicted molar refractivity (Wildman–Crippen MR) is 78.7 cm³/mol. The number of carbonyl (C=O) groups is 2. The van der Waals surface area contributed by atoms with Gasteiger partial charge in [-0.2, -0.15) is 0 Å². The molecular formula is C14H17N3O3S.